The number of rotatable bonds is 9. The minimum absolute atomic E-state index is 0. The first kappa shape index (κ1) is 28.4. The van der Waals surface area contributed by atoms with Gasteiger partial charge >= 0.3 is 8.25 Å². The molecule has 6 nitrogen and oxygen atoms in total. The Kier molecular flexibility index (Phi) is 15.7. The summed E-state index contributed by atoms with van der Waals surface area (Å²) in [5.74, 6) is 0.439. The monoisotopic (exact) mass is 535 g/mol. The molecule has 2 saturated heterocycles. The maximum atomic E-state index is 12.1. The largest absolute Gasteiger partial charge is 0.390 e. The summed E-state index contributed by atoms with van der Waals surface area (Å²) in [6.45, 7) is 6.28. The molecule has 11 heteroatoms. The van der Waals surface area contributed by atoms with E-state index < -0.39 is 20.5 Å². The van der Waals surface area contributed by atoms with E-state index in [9.17, 15) is 9.67 Å². The fraction of sp³-hybridized carbons (Fsp3) is 1.00. The first-order chi connectivity index (χ1) is 11.4. The second-order valence-corrected chi connectivity index (χ2v) is 8.02. The minimum Gasteiger partial charge on any atom is -0.390 e. The van der Waals surface area contributed by atoms with E-state index in [1.165, 1.54) is 7.17 Å². The molecule has 26 heavy (non-hydrogen) atoms. The summed E-state index contributed by atoms with van der Waals surface area (Å²) < 4.78 is 34.5. The molecule has 0 aromatic rings. The van der Waals surface area contributed by atoms with Crippen molar-refractivity contribution in [1.82, 2.24) is 0 Å². The summed E-state index contributed by atoms with van der Waals surface area (Å²) in [4.78, 5) is 0. The number of hydrogen-bond donors (Lipinski definition) is 1. The molecule has 0 saturated carbocycles. The van der Waals surface area contributed by atoms with Crippen LogP contribution in [0.4, 0.5) is 0 Å². The van der Waals surface area contributed by atoms with Crippen molar-refractivity contribution in [2.75, 3.05) is 6.61 Å². The van der Waals surface area contributed by atoms with Crippen molar-refractivity contribution < 1.29 is 93.6 Å². The van der Waals surface area contributed by atoms with Gasteiger partial charge in [-0.25, -0.2) is 0 Å². The minimum atomic E-state index is -2.68. The van der Waals surface area contributed by atoms with E-state index in [-0.39, 0.29) is 96.3 Å². The van der Waals surface area contributed by atoms with E-state index in [1.54, 1.807) is 0 Å². The van der Waals surface area contributed by atoms with Gasteiger partial charge in [0.05, 0.1) is 38.2 Å². The van der Waals surface area contributed by atoms with Crippen molar-refractivity contribution in [2.24, 2.45) is 5.92 Å². The van der Waals surface area contributed by atoms with Crippen molar-refractivity contribution in [1.29, 1.82) is 0 Å². The van der Waals surface area contributed by atoms with Gasteiger partial charge in [0.15, 0.2) is 0 Å². The molecule has 0 aromatic heterocycles. The summed E-state index contributed by atoms with van der Waals surface area (Å²) in [5, 5.41) is 9.92. The van der Waals surface area contributed by atoms with E-state index in [0.29, 0.717) is 18.8 Å². The summed E-state index contributed by atoms with van der Waals surface area (Å²) in [5.41, 5.74) is 0. The number of hydrogen-bond acceptors (Lipinski definition) is 6. The average Bonchev–Trinajstić information content (AvgIpc) is 3.08. The molecule has 2 aliphatic rings. The van der Waals surface area contributed by atoms with Crippen molar-refractivity contribution >= 4 is 23.2 Å². The van der Waals surface area contributed by atoms with Gasteiger partial charge in [-0.15, -0.1) is 0 Å². The second-order valence-electron chi connectivity index (χ2n) is 7.00. The van der Waals surface area contributed by atoms with E-state index in [0.717, 1.165) is 12.8 Å². The predicted molar refractivity (Wildman–Crippen MR) is 93.6 cm³/mol. The summed E-state index contributed by atoms with van der Waals surface area (Å²) in [6, 6.07) is -0.182. The number of aliphatic hydroxyl groups excluding tert-OH is 1. The molecule has 0 aliphatic carbocycles. The molecule has 2 heterocycles. The first-order valence-corrected chi connectivity index (χ1v) is 10.0. The van der Waals surface area contributed by atoms with Gasteiger partial charge in [0, 0.05) is 85.6 Å². The topological polar surface area (TPSA) is 74.2 Å². The fourth-order valence-electron chi connectivity index (χ4n) is 3.20. The zero-order valence-electron chi connectivity index (χ0n) is 15.9. The van der Waals surface area contributed by atoms with E-state index in [1.807, 2.05) is 6.92 Å². The van der Waals surface area contributed by atoms with E-state index in [4.69, 9.17) is 26.3 Å². The zero-order valence-corrected chi connectivity index (χ0v) is 22.6. The molecule has 2 aliphatic heterocycles. The third kappa shape index (κ3) is 9.02. The molecule has 7 atom stereocenters. The summed E-state index contributed by atoms with van der Waals surface area (Å²) in [7, 11) is 4.37. The maximum absolute atomic E-state index is 12.1. The zero-order chi connectivity index (χ0) is 17.7. The Balaban J connectivity index is 0.00000312. The van der Waals surface area contributed by atoms with Crippen LogP contribution in [0.5, 0.6) is 0 Å². The quantitative estimate of drug-likeness (QED) is 0.358. The summed E-state index contributed by atoms with van der Waals surface area (Å²) >= 11 is 0. The van der Waals surface area contributed by atoms with Crippen LogP contribution in [0.1, 0.15) is 46.5 Å². The molecule has 0 bridgehead atoms. The Morgan fingerprint density at radius 1 is 1.27 bits per heavy atom. The predicted octanol–water partition coefficient (Wildman–Crippen LogP) is 1.65. The van der Waals surface area contributed by atoms with Crippen LogP contribution in [0.3, 0.4) is 0 Å². The SMILES string of the molecule is [B][B][C@H]1C[C@H](O[PH](=O)OC[C@H]2O[C@@H](CC)C[C@@H]2O)[C@@H](CC(C)C)O1.[Y].[Y]. The van der Waals surface area contributed by atoms with Crippen molar-refractivity contribution in [3.63, 3.8) is 0 Å². The molecule has 0 aromatic carbocycles. The average molecular weight is 535 g/mol. The van der Waals surface area contributed by atoms with Crippen LogP contribution in [-0.4, -0.2) is 63.1 Å². The van der Waals surface area contributed by atoms with Crippen LogP contribution < -0.4 is 0 Å². The van der Waals surface area contributed by atoms with Crippen LogP contribution >= 0.6 is 8.25 Å². The maximum Gasteiger partial charge on any atom is 0.319 e. The second kappa shape index (κ2) is 14.4. The van der Waals surface area contributed by atoms with Gasteiger partial charge in [0.25, 0.3) is 0 Å². The fourth-order valence-corrected chi connectivity index (χ4v) is 4.07. The Bertz CT molecular complexity index is 424. The van der Waals surface area contributed by atoms with E-state index >= 15 is 0 Å². The number of ether oxygens (including phenoxy) is 2. The van der Waals surface area contributed by atoms with Crippen molar-refractivity contribution in [3.05, 3.63) is 0 Å². The molecule has 0 spiro atoms. The molecule has 2 fully saturated rings. The van der Waals surface area contributed by atoms with Crippen LogP contribution in [0.2, 0.25) is 0 Å². The van der Waals surface area contributed by atoms with Gasteiger partial charge < -0.3 is 23.6 Å². The Hall–Kier alpha value is 2.37. The third-order valence-electron chi connectivity index (χ3n) is 4.52. The van der Waals surface area contributed by atoms with E-state index in [2.05, 4.69) is 13.8 Å². The molecule has 5 radical (unpaired) electrons. The van der Waals surface area contributed by atoms with Gasteiger partial charge in [-0.3, -0.25) is 4.57 Å². The number of aliphatic hydroxyl groups is 1. The van der Waals surface area contributed by atoms with Crippen LogP contribution in [0, 0.1) is 5.92 Å². The smallest absolute Gasteiger partial charge is 0.319 e. The van der Waals surface area contributed by atoms with Crippen LogP contribution in [-0.2, 0) is 88.5 Å². The molecular weight excluding hydrogens is 507 g/mol. The van der Waals surface area contributed by atoms with Crippen molar-refractivity contribution in [2.45, 2.75) is 83.0 Å². The van der Waals surface area contributed by atoms with Crippen LogP contribution in [0.25, 0.3) is 0 Å². The van der Waals surface area contributed by atoms with Gasteiger partial charge in [0.1, 0.15) is 6.10 Å². The van der Waals surface area contributed by atoms with Crippen LogP contribution in [0.15, 0.2) is 0 Å². The molecule has 0 amide bonds. The first-order valence-electron chi connectivity index (χ1n) is 8.80. The Morgan fingerprint density at radius 3 is 2.50 bits per heavy atom. The molecule has 1 unspecified atom stereocenters. The van der Waals surface area contributed by atoms with Crippen molar-refractivity contribution in [3.8, 4) is 0 Å². The molecule has 2 rings (SSSR count). The third-order valence-corrected chi connectivity index (χ3v) is 5.41. The molecule has 1 N–H and O–H groups in total. The van der Waals surface area contributed by atoms with Gasteiger partial charge in [-0.05, 0) is 25.2 Å². The molecular formula is C15H28B2O6PY2. The standard InChI is InChI=1S/C15H28B2O6P.2Y/c1-4-10-6-11(18)14(21-10)8-20-24(19)23-13-7-15(17-16)22-12(13)5-9(2)3;;/h9-15,18,24H,4-8H2,1-3H3;;/t10-,11-,12+,13-,14+,15+;;/m0../s1. The van der Waals surface area contributed by atoms with Gasteiger partial charge in [-0.2, -0.15) is 0 Å². The Labute approximate surface area is 210 Å². The van der Waals surface area contributed by atoms with Gasteiger partial charge in [0.2, 0.25) is 0 Å². The Morgan fingerprint density at radius 2 is 1.96 bits per heavy atom. The normalized spacial score (nSPS) is 35.0. The molecule has 141 valence electrons. The van der Waals surface area contributed by atoms with Gasteiger partial charge in [-0.1, -0.05) is 20.8 Å². The summed E-state index contributed by atoms with van der Waals surface area (Å²) in [6.07, 6.45) is 1.41.